The molecule has 4 fully saturated rings. The van der Waals surface area contributed by atoms with Crippen LogP contribution >= 0.6 is 0 Å². The van der Waals surface area contributed by atoms with Gasteiger partial charge in [-0.25, -0.2) is 4.39 Å². The molecule has 210 valence electrons. The number of anilines is 1. The average Bonchev–Trinajstić information content (AvgIpc) is 3.68. The first-order valence-corrected chi connectivity index (χ1v) is 14.0. The SMILES string of the molecule is Fc1c(-c2cccc3c2OC(F)(F)O3)ncc2c(N3C[C@H]4CC[C@@H](C3)N4)nc(OCC34CCCN3CCC4)nc12. The lowest BCUT2D eigenvalue weighted by Crippen LogP contribution is -2.51. The molecule has 4 saturated heterocycles. The second-order valence-electron chi connectivity index (χ2n) is 11.6. The van der Waals surface area contributed by atoms with Crippen molar-refractivity contribution in [3.63, 3.8) is 0 Å². The molecule has 8 rings (SSSR count). The van der Waals surface area contributed by atoms with Crippen LogP contribution in [0.4, 0.5) is 19.0 Å². The van der Waals surface area contributed by atoms with Crippen LogP contribution in [0.5, 0.6) is 17.5 Å². The lowest BCUT2D eigenvalue weighted by molar-refractivity contribution is -0.286. The zero-order valence-corrected chi connectivity index (χ0v) is 21.8. The summed E-state index contributed by atoms with van der Waals surface area (Å²) in [4.78, 5) is 18.4. The van der Waals surface area contributed by atoms with Crippen molar-refractivity contribution in [3.05, 3.63) is 30.2 Å². The van der Waals surface area contributed by atoms with Crippen LogP contribution < -0.4 is 24.4 Å². The third-order valence-electron chi connectivity index (χ3n) is 9.12. The van der Waals surface area contributed by atoms with E-state index in [1.165, 1.54) is 24.4 Å². The normalized spacial score (nSPS) is 26.0. The number of fused-ring (bicyclic) bond motifs is 5. The molecule has 0 radical (unpaired) electrons. The highest BCUT2D eigenvalue weighted by Crippen LogP contribution is 2.48. The van der Waals surface area contributed by atoms with E-state index in [2.05, 4.69) is 29.8 Å². The fourth-order valence-electron chi connectivity index (χ4n) is 7.30. The predicted molar refractivity (Wildman–Crippen MR) is 139 cm³/mol. The molecule has 0 amide bonds. The molecule has 5 aliphatic rings. The van der Waals surface area contributed by atoms with Gasteiger partial charge in [-0.2, -0.15) is 9.97 Å². The lowest BCUT2D eigenvalue weighted by atomic mass is 9.95. The van der Waals surface area contributed by atoms with Gasteiger partial charge in [-0.15, -0.1) is 8.78 Å². The predicted octanol–water partition coefficient (Wildman–Crippen LogP) is 4.10. The zero-order valence-electron chi connectivity index (χ0n) is 21.8. The van der Waals surface area contributed by atoms with Crippen LogP contribution in [0.3, 0.4) is 0 Å². The van der Waals surface area contributed by atoms with Crippen LogP contribution in [0.25, 0.3) is 22.2 Å². The number of piperazine rings is 1. The number of hydrogen-bond donors (Lipinski definition) is 1. The van der Waals surface area contributed by atoms with E-state index in [9.17, 15) is 8.78 Å². The van der Waals surface area contributed by atoms with Gasteiger partial charge in [-0.05, 0) is 63.7 Å². The van der Waals surface area contributed by atoms with Crippen LogP contribution in [0, 0.1) is 5.82 Å². The van der Waals surface area contributed by atoms with Crippen LogP contribution in [-0.4, -0.2) is 76.6 Å². The summed E-state index contributed by atoms with van der Waals surface area (Å²) in [7, 11) is 0. The Kier molecular flexibility index (Phi) is 5.38. The topological polar surface area (TPSA) is 84.9 Å². The summed E-state index contributed by atoms with van der Waals surface area (Å²) >= 11 is 0. The minimum atomic E-state index is -3.84. The summed E-state index contributed by atoms with van der Waals surface area (Å²) in [5.74, 6) is -0.612. The first-order valence-electron chi connectivity index (χ1n) is 14.0. The molecule has 5 aliphatic heterocycles. The van der Waals surface area contributed by atoms with Gasteiger partial charge in [0.05, 0.1) is 10.9 Å². The Bertz CT molecular complexity index is 1480. The maximum Gasteiger partial charge on any atom is 0.586 e. The first-order chi connectivity index (χ1) is 19.4. The smallest absolute Gasteiger partial charge is 0.461 e. The Labute approximate surface area is 228 Å². The quantitative estimate of drug-likeness (QED) is 0.501. The highest BCUT2D eigenvalue weighted by Gasteiger charge is 2.46. The van der Waals surface area contributed by atoms with E-state index < -0.39 is 12.1 Å². The fraction of sp³-hybridized carbons (Fsp3) is 0.536. The molecule has 12 heteroatoms. The first kappa shape index (κ1) is 24.4. The van der Waals surface area contributed by atoms with E-state index in [-0.39, 0.29) is 39.8 Å². The van der Waals surface area contributed by atoms with Crippen molar-refractivity contribution in [2.24, 2.45) is 0 Å². The van der Waals surface area contributed by atoms with Crippen molar-refractivity contribution in [1.29, 1.82) is 0 Å². The Morgan fingerprint density at radius 3 is 2.60 bits per heavy atom. The van der Waals surface area contributed by atoms with Crippen LogP contribution in [-0.2, 0) is 0 Å². The van der Waals surface area contributed by atoms with Crippen LogP contribution in [0.1, 0.15) is 38.5 Å². The van der Waals surface area contributed by atoms with E-state index in [4.69, 9.17) is 14.5 Å². The number of aromatic nitrogens is 3. The maximum atomic E-state index is 16.3. The van der Waals surface area contributed by atoms with Gasteiger partial charge < -0.3 is 24.4 Å². The molecular weight excluding hydrogens is 525 g/mol. The van der Waals surface area contributed by atoms with E-state index in [1.54, 1.807) is 0 Å². The van der Waals surface area contributed by atoms with Gasteiger partial charge in [0.25, 0.3) is 0 Å². The number of alkyl halides is 2. The Balaban J connectivity index is 1.22. The monoisotopic (exact) mass is 554 g/mol. The third-order valence-corrected chi connectivity index (χ3v) is 9.12. The molecule has 0 saturated carbocycles. The van der Waals surface area contributed by atoms with E-state index in [0.29, 0.717) is 29.9 Å². The summed E-state index contributed by atoms with van der Waals surface area (Å²) in [5, 5.41) is 4.06. The standard InChI is InChI=1S/C28H29F3N6O3/c29-21-22(18-4-1-5-20-24(18)40-28(30,31)39-20)32-12-19-23(21)34-26(38-15-27-8-2-10-37(27)11-3-9-27)35-25(19)36-13-16-6-7-17(14-36)33-16/h1,4-5,12,16-17,33H,2-3,6-11,13-15H2/t16-,17+. The van der Waals surface area contributed by atoms with Gasteiger partial charge in [0, 0.05) is 36.9 Å². The van der Waals surface area contributed by atoms with Gasteiger partial charge in [-0.1, -0.05) is 6.07 Å². The fourth-order valence-corrected chi connectivity index (χ4v) is 7.30. The average molecular weight is 555 g/mol. The number of nitrogens with one attached hydrogen (secondary N) is 1. The number of ether oxygens (including phenoxy) is 3. The number of rotatable bonds is 5. The number of para-hydroxylation sites is 1. The lowest BCUT2D eigenvalue weighted by Gasteiger charge is -2.34. The molecule has 3 aromatic rings. The Morgan fingerprint density at radius 2 is 1.82 bits per heavy atom. The number of halogens is 3. The van der Waals surface area contributed by atoms with Gasteiger partial charge in [0.1, 0.15) is 23.6 Å². The van der Waals surface area contributed by atoms with Gasteiger partial charge in [-0.3, -0.25) is 9.88 Å². The van der Waals surface area contributed by atoms with Crippen molar-refractivity contribution in [1.82, 2.24) is 25.2 Å². The van der Waals surface area contributed by atoms with E-state index >= 15 is 4.39 Å². The van der Waals surface area contributed by atoms with E-state index in [0.717, 1.165) is 64.7 Å². The van der Waals surface area contributed by atoms with Crippen molar-refractivity contribution < 1.29 is 27.4 Å². The highest BCUT2D eigenvalue weighted by molar-refractivity contribution is 5.92. The molecule has 0 aliphatic carbocycles. The molecule has 0 spiro atoms. The van der Waals surface area contributed by atoms with Gasteiger partial charge in [0.2, 0.25) is 0 Å². The van der Waals surface area contributed by atoms with Crippen molar-refractivity contribution >= 4 is 16.7 Å². The van der Waals surface area contributed by atoms with Gasteiger partial charge in [0.15, 0.2) is 17.3 Å². The minimum Gasteiger partial charge on any atom is -0.461 e. The van der Waals surface area contributed by atoms with Crippen molar-refractivity contribution in [3.8, 4) is 28.8 Å². The zero-order chi connectivity index (χ0) is 27.1. The Hall–Kier alpha value is -3.38. The van der Waals surface area contributed by atoms with Crippen molar-refractivity contribution in [2.75, 3.05) is 37.7 Å². The summed E-state index contributed by atoms with van der Waals surface area (Å²) in [5.41, 5.74) is -0.0884. The summed E-state index contributed by atoms with van der Waals surface area (Å²) < 4.78 is 59.6. The Morgan fingerprint density at radius 1 is 1.05 bits per heavy atom. The number of benzene rings is 1. The molecule has 0 unspecified atom stereocenters. The molecule has 1 N–H and O–H groups in total. The number of nitrogens with zero attached hydrogens (tertiary/aromatic N) is 5. The summed E-state index contributed by atoms with van der Waals surface area (Å²) in [6, 6.07) is 5.10. The second-order valence-corrected chi connectivity index (χ2v) is 11.6. The highest BCUT2D eigenvalue weighted by atomic mass is 19.3. The molecule has 1 aromatic carbocycles. The van der Waals surface area contributed by atoms with E-state index in [1.807, 2.05) is 0 Å². The molecule has 2 bridgehead atoms. The summed E-state index contributed by atoms with van der Waals surface area (Å²) in [6.45, 7) is 4.03. The van der Waals surface area contributed by atoms with Gasteiger partial charge >= 0.3 is 12.3 Å². The van der Waals surface area contributed by atoms with Crippen LogP contribution in [0.2, 0.25) is 0 Å². The van der Waals surface area contributed by atoms with Crippen molar-refractivity contribution in [2.45, 2.75) is 62.4 Å². The molecule has 7 heterocycles. The maximum absolute atomic E-state index is 16.3. The second kappa shape index (κ2) is 8.81. The number of hydrogen-bond acceptors (Lipinski definition) is 9. The molecular formula is C28H29F3N6O3. The molecule has 9 nitrogen and oxygen atoms in total. The molecule has 40 heavy (non-hydrogen) atoms. The third kappa shape index (κ3) is 3.87. The van der Waals surface area contributed by atoms with Crippen LogP contribution in [0.15, 0.2) is 24.4 Å². The number of pyridine rings is 1. The largest absolute Gasteiger partial charge is 0.586 e. The minimum absolute atomic E-state index is 0.0260. The summed E-state index contributed by atoms with van der Waals surface area (Å²) in [6.07, 6.45) is 4.21. The molecule has 2 aromatic heterocycles. The molecule has 2 atom stereocenters.